The van der Waals surface area contributed by atoms with E-state index in [1.165, 1.54) is 0 Å². The minimum Gasteiger partial charge on any atom is -0.373 e. The Morgan fingerprint density at radius 1 is 1.33 bits per heavy atom. The van der Waals surface area contributed by atoms with Crippen LogP contribution in [0.3, 0.4) is 0 Å². The summed E-state index contributed by atoms with van der Waals surface area (Å²) in [4.78, 5) is 0. The lowest BCUT2D eigenvalue weighted by Crippen LogP contribution is -2.25. The van der Waals surface area contributed by atoms with Crippen molar-refractivity contribution >= 4 is 0 Å². The van der Waals surface area contributed by atoms with Crippen LogP contribution in [0.5, 0.6) is 0 Å². The molecule has 1 saturated carbocycles. The highest BCUT2D eigenvalue weighted by atomic mass is 16.5. The quantitative estimate of drug-likeness (QED) is 0.601. The van der Waals surface area contributed by atoms with Crippen LogP contribution in [0.25, 0.3) is 0 Å². The molecule has 68 valence electrons. The molecule has 0 unspecified atom stereocenters. The first-order chi connectivity index (χ1) is 5.51. The van der Waals surface area contributed by atoms with Crippen LogP contribution in [0, 0.1) is 17.2 Å². The summed E-state index contributed by atoms with van der Waals surface area (Å²) < 4.78 is 5.78. The van der Waals surface area contributed by atoms with E-state index < -0.39 is 0 Å². The van der Waals surface area contributed by atoms with Gasteiger partial charge in [0.15, 0.2) is 0 Å². The Kier molecular flexibility index (Phi) is 2.74. The van der Waals surface area contributed by atoms with E-state index in [1.807, 2.05) is 0 Å². The number of nitriles is 1. The topological polar surface area (TPSA) is 33.0 Å². The molecule has 0 aromatic rings. The van der Waals surface area contributed by atoms with E-state index in [4.69, 9.17) is 10.00 Å². The van der Waals surface area contributed by atoms with Crippen molar-refractivity contribution in [3.05, 3.63) is 0 Å². The van der Waals surface area contributed by atoms with E-state index >= 15 is 0 Å². The Balaban J connectivity index is 2.34. The van der Waals surface area contributed by atoms with Gasteiger partial charge in [-0.1, -0.05) is 0 Å². The number of rotatable bonds is 1. The Bertz CT molecular complexity index is 187. The summed E-state index contributed by atoms with van der Waals surface area (Å²) in [5.74, 6) is 0.234. The summed E-state index contributed by atoms with van der Waals surface area (Å²) in [5.41, 5.74) is -0.0605. The SMILES string of the molecule is CC(C)(C)O[C@H]1CC[C@H](C#N)C1. The monoisotopic (exact) mass is 167 g/mol. The number of nitrogens with zero attached hydrogens (tertiary/aromatic N) is 1. The highest BCUT2D eigenvalue weighted by Crippen LogP contribution is 2.29. The molecule has 0 aliphatic heterocycles. The first-order valence-electron chi connectivity index (χ1n) is 4.59. The van der Waals surface area contributed by atoms with Crippen molar-refractivity contribution < 1.29 is 4.74 Å². The van der Waals surface area contributed by atoms with Crippen molar-refractivity contribution in [3.63, 3.8) is 0 Å². The molecular weight excluding hydrogens is 150 g/mol. The fourth-order valence-corrected chi connectivity index (χ4v) is 1.66. The van der Waals surface area contributed by atoms with E-state index in [0.717, 1.165) is 19.3 Å². The number of ether oxygens (including phenoxy) is 1. The zero-order valence-corrected chi connectivity index (χ0v) is 8.13. The number of hydrogen-bond acceptors (Lipinski definition) is 2. The summed E-state index contributed by atoms with van der Waals surface area (Å²) in [6.07, 6.45) is 3.30. The van der Waals surface area contributed by atoms with Crippen LogP contribution in [0.15, 0.2) is 0 Å². The molecule has 12 heavy (non-hydrogen) atoms. The Labute approximate surface area is 74.5 Å². The molecule has 1 fully saturated rings. The fraction of sp³-hybridized carbons (Fsp3) is 0.900. The third-order valence-corrected chi connectivity index (χ3v) is 2.09. The van der Waals surface area contributed by atoms with Crippen LogP contribution in [0.4, 0.5) is 0 Å². The van der Waals surface area contributed by atoms with E-state index in [1.54, 1.807) is 0 Å². The minimum absolute atomic E-state index is 0.0605. The second-order valence-corrected chi connectivity index (χ2v) is 4.49. The van der Waals surface area contributed by atoms with Gasteiger partial charge in [0.25, 0.3) is 0 Å². The van der Waals surface area contributed by atoms with E-state index in [9.17, 15) is 0 Å². The lowest BCUT2D eigenvalue weighted by Gasteiger charge is -2.24. The molecule has 0 aromatic heterocycles. The summed E-state index contributed by atoms with van der Waals surface area (Å²) in [6, 6.07) is 2.30. The van der Waals surface area contributed by atoms with Crippen LogP contribution in [-0.2, 0) is 4.74 Å². The molecule has 0 spiro atoms. The van der Waals surface area contributed by atoms with E-state index in [-0.39, 0.29) is 11.5 Å². The Morgan fingerprint density at radius 3 is 2.42 bits per heavy atom. The first-order valence-corrected chi connectivity index (χ1v) is 4.59. The molecule has 1 aliphatic carbocycles. The maximum Gasteiger partial charge on any atom is 0.0656 e. The van der Waals surface area contributed by atoms with Gasteiger partial charge in [0, 0.05) is 5.92 Å². The molecule has 0 radical (unpaired) electrons. The first kappa shape index (κ1) is 9.54. The van der Waals surface area contributed by atoms with Crippen LogP contribution >= 0.6 is 0 Å². The third kappa shape index (κ3) is 2.83. The van der Waals surface area contributed by atoms with Gasteiger partial charge >= 0.3 is 0 Å². The Hall–Kier alpha value is -0.550. The molecule has 2 atom stereocenters. The highest BCUT2D eigenvalue weighted by molar-refractivity contribution is 4.91. The maximum absolute atomic E-state index is 8.68. The standard InChI is InChI=1S/C10H17NO/c1-10(2,3)12-9-5-4-8(6-9)7-11/h8-9H,4-6H2,1-3H3/t8-,9-/m0/s1. The molecule has 0 bridgehead atoms. The average Bonchev–Trinajstić information content (AvgIpc) is 2.32. The fourth-order valence-electron chi connectivity index (χ4n) is 1.66. The molecule has 0 amide bonds. The molecule has 1 rings (SSSR count). The molecule has 0 saturated heterocycles. The van der Waals surface area contributed by atoms with Crippen LogP contribution < -0.4 is 0 Å². The van der Waals surface area contributed by atoms with E-state index in [0.29, 0.717) is 6.10 Å². The zero-order valence-electron chi connectivity index (χ0n) is 8.13. The summed E-state index contributed by atoms with van der Waals surface area (Å²) >= 11 is 0. The van der Waals surface area contributed by atoms with Crippen molar-refractivity contribution in [1.82, 2.24) is 0 Å². The van der Waals surface area contributed by atoms with Crippen LogP contribution in [0.1, 0.15) is 40.0 Å². The van der Waals surface area contributed by atoms with Gasteiger partial charge < -0.3 is 4.74 Å². The van der Waals surface area contributed by atoms with Gasteiger partial charge in [0.1, 0.15) is 0 Å². The number of hydrogen-bond donors (Lipinski definition) is 0. The van der Waals surface area contributed by atoms with Crippen LogP contribution in [0.2, 0.25) is 0 Å². The predicted molar refractivity (Wildman–Crippen MR) is 47.6 cm³/mol. The van der Waals surface area contributed by atoms with Crippen molar-refractivity contribution in [3.8, 4) is 6.07 Å². The largest absolute Gasteiger partial charge is 0.373 e. The lowest BCUT2D eigenvalue weighted by atomic mass is 10.1. The molecule has 2 nitrogen and oxygen atoms in total. The van der Waals surface area contributed by atoms with Crippen molar-refractivity contribution in [2.24, 2.45) is 5.92 Å². The lowest BCUT2D eigenvalue weighted by molar-refractivity contribution is -0.0567. The van der Waals surface area contributed by atoms with Gasteiger partial charge in [0.2, 0.25) is 0 Å². The van der Waals surface area contributed by atoms with E-state index in [2.05, 4.69) is 26.8 Å². The predicted octanol–water partition coefficient (Wildman–Crippen LogP) is 2.49. The molecular formula is C10H17NO. The smallest absolute Gasteiger partial charge is 0.0656 e. The molecule has 0 aromatic carbocycles. The summed E-state index contributed by atoms with van der Waals surface area (Å²) in [6.45, 7) is 6.19. The highest BCUT2D eigenvalue weighted by Gasteiger charge is 2.28. The van der Waals surface area contributed by atoms with Gasteiger partial charge in [-0.15, -0.1) is 0 Å². The summed E-state index contributed by atoms with van der Waals surface area (Å²) in [7, 11) is 0. The molecule has 1 aliphatic rings. The molecule has 0 N–H and O–H groups in total. The zero-order chi connectivity index (χ0) is 9.19. The van der Waals surface area contributed by atoms with Crippen molar-refractivity contribution in [1.29, 1.82) is 5.26 Å². The van der Waals surface area contributed by atoms with Gasteiger partial charge in [-0.2, -0.15) is 5.26 Å². The molecule has 0 heterocycles. The van der Waals surface area contributed by atoms with Gasteiger partial charge in [0.05, 0.1) is 17.8 Å². The third-order valence-electron chi connectivity index (χ3n) is 2.09. The minimum atomic E-state index is -0.0605. The average molecular weight is 167 g/mol. The summed E-state index contributed by atoms with van der Waals surface area (Å²) in [5, 5.41) is 8.68. The van der Waals surface area contributed by atoms with Gasteiger partial charge in [-0.3, -0.25) is 0 Å². The maximum atomic E-state index is 8.68. The second-order valence-electron chi connectivity index (χ2n) is 4.49. The van der Waals surface area contributed by atoms with Crippen molar-refractivity contribution in [2.75, 3.05) is 0 Å². The van der Waals surface area contributed by atoms with Crippen LogP contribution in [-0.4, -0.2) is 11.7 Å². The van der Waals surface area contributed by atoms with Gasteiger partial charge in [-0.05, 0) is 40.0 Å². The normalized spacial score (nSPS) is 30.2. The Morgan fingerprint density at radius 2 is 2.00 bits per heavy atom. The second kappa shape index (κ2) is 3.45. The van der Waals surface area contributed by atoms with Gasteiger partial charge in [-0.25, -0.2) is 0 Å². The molecule has 2 heteroatoms. The van der Waals surface area contributed by atoms with Crippen molar-refractivity contribution in [2.45, 2.75) is 51.7 Å².